The Morgan fingerprint density at radius 3 is 2.16 bits per heavy atom. The van der Waals surface area contributed by atoms with Gasteiger partial charge in [-0.25, -0.2) is 4.98 Å². The van der Waals surface area contributed by atoms with Crippen LogP contribution in [0, 0.1) is 0 Å². The Morgan fingerprint density at radius 2 is 1.55 bits per heavy atom. The van der Waals surface area contributed by atoms with Gasteiger partial charge in [-0.3, -0.25) is 19.5 Å². The third kappa shape index (κ3) is 6.10. The number of methoxy groups -OCH3 is 2. The van der Waals surface area contributed by atoms with Crippen LogP contribution in [0.2, 0.25) is 10.0 Å². The summed E-state index contributed by atoms with van der Waals surface area (Å²) >= 11 is 12.0. The lowest BCUT2D eigenvalue weighted by Crippen LogP contribution is -2.38. The van der Waals surface area contributed by atoms with Crippen LogP contribution in [0.4, 0.5) is 5.95 Å². The maximum absolute atomic E-state index is 13.1. The molecular formula is C28H26Cl2N4O4. The topological polar surface area (TPSA) is 85.7 Å². The summed E-state index contributed by atoms with van der Waals surface area (Å²) in [5.41, 5.74) is 2.57. The van der Waals surface area contributed by atoms with Crippen molar-refractivity contribution in [3.8, 4) is 28.4 Å². The molecule has 0 bridgehead atoms. The van der Waals surface area contributed by atoms with Gasteiger partial charge in [0, 0.05) is 40.0 Å². The van der Waals surface area contributed by atoms with Crippen LogP contribution in [-0.4, -0.2) is 53.6 Å². The van der Waals surface area contributed by atoms with Gasteiger partial charge in [-0.2, -0.15) is 0 Å². The number of amides is 2. The zero-order valence-corrected chi connectivity index (χ0v) is 22.6. The van der Waals surface area contributed by atoms with E-state index in [1.54, 1.807) is 73.5 Å². The molecule has 4 aromatic rings. The minimum atomic E-state index is -0.399. The van der Waals surface area contributed by atoms with Crippen molar-refractivity contribution >= 4 is 41.0 Å². The second kappa shape index (κ2) is 12.0. The van der Waals surface area contributed by atoms with Crippen molar-refractivity contribution in [2.45, 2.75) is 6.92 Å². The second-order valence-electron chi connectivity index (χ2n) is 8.24. The summed E-state index contributed by atoms with van der Waals surface area (Å²) in [5.74, 6) is 0.699. The molecule has 0 atom stereocenters. The number of imidazole rings is 1. The fraction of sp³-hybridized carbons (Fsp3) is 0.179. The predicted octanol–water partition coefficient (Wildman–Crippen LogP) is 5.96. The normalized spacial score (nSPS) is 10.7. The van der Waals surface area contributed by atoms with Crippen LogP contribution in [0.3, 0.4) is 0 Å². The fourth-order valence-electron chi connectivity index (χ4n) is 3.84. The highest BCUT2D eigenvalue weighted by molar-refractivity contribution is 6.31. The van der Waals surface area contributed by atoms with Crippen LogP contribution in [0.1, 0.15) is 17.3 Å². The molecule has 38 heavy (non-hydrogen) atoms. The summed E-state index contributed by atoms with van der Waals surface area (Å²) in [6.07, 6.45) is 1.80. The number of hydrogen-bond donors (Lipinski definition) is 1. The van der Waals surface area contributed by atoms with Crippen LogP contribution in [0.25, 0.3) is 16.9 Å². The number of rotatable bonds is 9. The molecule has 8 nitrogen and oxygen atoms in total. The van der Waals surface area contributed by atoms with Gasteiger partial charge in [0.25, 0.3) is 5.91 Å². The Labute approximate surface area is 230 Å². The Bertz CT molecular complexity index is 1440. The van der Waals surface area contributed by atoms with Gasteiger partial charge in [-0.1, -0.05) is 35.3 Å². The number of benzene rings is 3. The van der Waals surface area contributed by atoms with Crippen molar-refractivity contribution in [3.63, 3.8) is 0 Å². The molecule has 1 heterocycles. The lowest BCUT2D eigenvalue weighted by Gasteiger charge is -2.20. The third-order valence-electron chi connectivity index (χ3n) is 5.84. The SMILES string of the molecule is CCN(CC(=O)Nc1nc(-c2ccc(Cl)cc2)cn1-c1ccc(OC)c(OC)c1)C(=O)c1ccc(Cl)cc1. The summed E-state index contributed by atoms with van der Waals surface area (Å²) in [5, 5.41) is 3.99. The monoisotopic (exact) mass is 552 g/mol. The van der Waals surface area contributed by atoms with Gasteiger partial charge < -0.3 is 14.4 Å². The molecule has 4 rings (SSSR count). The van der Waals surface area contributed by atoms with Gasteiger partial charge in [0.2, 0.25) is 11.9 Å². The van der Waals surface area contributed by atoms with Crippen molar-refractivity contribution in [2.75, 3.05) is 32.6 Å². The smallest absolute Gasteiger partial charge is 0.254 e. The first-order chi connectivity index (χ1) is 18.3. The third-order valence-corrected chi connectivity index (χ3v) is 6.34. The van der Waals surface area contributed by atoms with E-state index >= 15 is 0 Å². The Kier molecular flexibility index (Phi) is 8.55. The minimum Gasteiger partial charge on any atom is -0.493 e. The van der Waals surface area contributed by atoms with Crippen molar-refractivity contribution in [2.24, 2.45) is 0 Å². The molecule has 0 saturated carbocycles. The maximum atomic E-state index is 13.1. The van der Waals surface area contributed by atoms with Crippen LogP contribution < -0.4 is 14.8 Å². The summed E-state index contributed by atoms with van der Waals surface area (Å²) < 4.78 is 12.5. The Hall–Kier alpha value is -4.01. The summed E-state index contributed by atoms with van der Waals surface area (Å²) in [6.45, 7) is 1.99. The summed E-state index contributed by atoms with van der Waals surface area (Å²) in [4.78, 5) is 32.2. The van der Waals surface area contributed by atoms with Gasteiger partial charge in [0.15, 0.2) is 11.5 Å². The molecule has 10 heteroatoms. The van der Waals surface area contributed by atoms with E-state index in [1.807, 2.05) is 25.1 Å². The molecule has 0 unspecified atom stereocenters. The Morgan fingerprint density at radius 1 is 0.921 bits per heavy atom. The van der Waals surface area contributed by atoms with E-state index in [4.69, 9.17) is 32.7 Å². The fourth-order valence-corrected chi connectivity index (χ4v) is 4.09. The molecule has 3 aromatic carbocycles. The van der Waals surface area contributed by atoms with E-state index in [9.17, 15) is 9.59 Å². The van der Waals surface area contributed by atoms with Gasteiger partial charge in [-0.05, 0) is 55.5 Å². The van der Waals surface area contributed by atoms with Crippen LogP contribution in [0.15, 0.2) is 72.9 Å². The number of halogens is 2. The predicted molar refractivity (Wildman–Crippen MR) is 149 cm³/mol. The highest BCUT2D eigenvalue weighted by atomic mass is 35.5. The molecule has 0 aliphatic carbocycles. The van der Waals surface area contributed by atoms with Crippen molar-refractivity contribution in [3.05, 3.63) is 88.5 Å². The number of aromatic nitrogens is 2. The average molecular weight is 553 g/mol. The van der Waals surface area contributed by atoms with Gasteiger partial charge in [0.1, 0.15) is 6.54 Å². The molecule has 0 fully saturated rings. The van der Waals surface area contributed by atoms with Gasteiger partial charge in [0.05, 0.1) is 25.6 Å². The van der Waals surface area contributed by atoms with E-state index in [2.05, 4.69) is 10.3 Å². The molecule has 0 aliphatic heterocycles. The van der Waals surface area contributed by atoms with Crippen LogP contribution in [-0.2, 0) is 4.79 Å². The van der Waals surface area contributed by atoms with Crippen molar-refractivity contribution < 1.29 is 19.1 Å². The lowest BCUT2D eigenvalue weighted by molar-refractivity contribution is -0.116. The molecule has 2 amide bonds. The highest BCUT2D eigenvalue weighted by Gasteiger charge is 2.20. The number of nitrogens with one attached hydrogen (secondary N) is 1. The molecular weight excluding hydrogens is 527 g/mol. The van der Waals surface area contributed by atoms with E-state index in [0.29, 0.717) is 45.0 Å². The molecule has 0 aliphatic rings. The molecule has 0 spiro atoms. The number of hydrogen-bond acceptors (Lipinski definition) is 5. The standard InChI is InChI=1S/C28H26Cl2N4O4/c1-4-33(27(36)19-7-11-21(30)12-8-19)17-26(35)32-28-31-23(18-5-9-20(29)10-6-18)16-34(28)22-13-14-24(37-2)25(15-22)38-3/h5-16H,4,17H2,1-3H3,(H,31,32,35). The number of carbonyl (C=O) groups excluding carboxylic acids is 2. The molecule has 0 radical (unpaired) electrons. The summed E-state index contributed by atoms with van der Waals surface area (Å²) in [7, 11) is 3.11. The molecule has 196 valence electrons. The second-order valence-corrected chi connectivity index (χ2v) is 9.11. The zero-order valence-electron chi connectivity index (χ0n) is 21.1. The van der Waals surface area contributed by atoms with E-state index < -0.39 is 5.91 Å². The first kappa shape index (κ1) is 27.0. The highest BCUT2D eigenvalue weighted by Crippen LogP contribution is 2.32. The zero-order chi connectivity index (χ0) is 27.2. The lowest BCUT2D eigenvalue weighted by atomic mass is 10.2. The average Bonchev–Trinajstić information content (AvgIpc) is 3.35. The number of anilines is 1. The van der Waals surface area contributed by atoms with E-state index in [1.165, 1.54) is 4.90 Å². The number of ether oxygens (including phenoxy) is 2. The van der Waals surface area contributed by atoms with E-state index in [0.717, 1.165) is 5.56 Å². The maximum Gasteiger partial charge on any atom is 0.254 e. The van der Waals surface area contributed by atoms with E-state index in [-0.39, 0.29) is 18.4 Å². The largest absolute Gasteiger partial charge is 0.493 e. The number of carbonyl (C=O) groups is 2. The molecule has 1 aromatic heterocycles. The Balaban J connectivity index is 1.64. The van der Waals surface area contributed by atoms with Crippen LogP contribution in [0.5, 0.6) is 11.5 Å². The van der Waals surface area contributed by atoms with Gasteiger partial charge >= 0.3 is 0 Å². The van der Waals surface area contributed by atoms with Crippen LogP contribution >= 0.6 is 23.2 Å². The molecule has 0 saturated heterocycles. The quantitative estimate of drug-likeness (QED) is 0.276. The number of nitrogens with zero attached hydrogens (tertiary/aromatic N) is 3. The first-order valence-corrected chi connectivity index (χ1v) is 12.5. The van der Waals surface area contributed by atoms with Gasteiger partial charge in [-0.15, -0.1) is 0 Å². The minimum absolute atomic E-state index is 0.160. The van der Waals surface area contributed by atoms with Crippen molar-refractivity contribution in [1.82, 2.24) is 14.5 Å². The number of likely N-dealkylation sites (N-methyl/N-ethyl adjacent to an activating group) is 1. The summed E-state index contributed by atoms with van der Waals surface area (Å²) in [6, 6.07) is 19.2. The first-order valence-electron chi connectivity index (χ1n) is 11.7. The van der Waals surface area contributed by atoms with Crippen molar-refractivity contribution in [1.29, 1.82) is 0 Å². The molecule has 1 N–H and O–H groups in total.